The Balaban J connectivity index is 1.77. The van der Waals surface area contributed by atoms with E-state index in [2.05, 4.69) is 5.32 Å². The smallest absolute Gasteiger partial charge is 0.407 e. The fourth-order valence-corrected chi connectivity index (χ4v) is 4.12. The van der Waals surface area contributed by atoms with Crippen molar-refractivity contribution in [3.63, 3.8) is 0 Å². The van der Waals surface area contributed by atoms with E-state index in [0.29, 0.717) is 12.1 Å². The number of carbonyl (C=O) groups excluding carboxylic acids is 3. The Hall–Kier alpha value is -3.73. The second-order valence-corrected chi connectivity index (χ2v) is 10.8. The van der Waals surface area contributed by atoms with Crippen LogP contribution in [0.1, 0.15) is 47.1 Å². The maximum absolute atomic E-state index is 13.3. The van der Waals surface area contributed by atoms with Crippen molar-refractivity contribution in [1.29, 1.82) is 0 Å². The molecule has 2 aromatic carbocycles. The molecule has 0 atom stereocenters. The molecule has 0 aliphatic carbocycles. The summed E-state index contributed by atoms with van der Waals surface area (Å²) in [6, 6.07) is 15.7. The van der Waals surface area contributed by atoms with E-state index >= 15 is 0 Å². The maximum Gasteiger partial charge on any atom is 0.407 e. The van der Waals surface area contributed by atoms with Crippen LogP contribution in [0.15, 0.2) is 60.0 Å². The summed E-state index contributed by atoms with van der Waals surface area (Å²) < 4.78 is 10.7. The van der Waals surface area contributed by atoms with Gasteiger partial charge in [-0.25, -0.2) is 20.4 Å². The van der Waals surface area contributed by atoms with Gasteiger partial charge in [0.15, 0.2) is 0 Å². The van der Waals surface area contributed by atoms with Gasteiger partial charge in [-0.05, 0) is 81.7 Å². The summed E-state index contributed by atoms with van der Waals surface area (Å²) in [6.45, 7) is 6.48. The van der Waals surface area contributed by atoms with Gasteiger partial charge in [0.2, 0.25) is 0 Å². The van der Waals surface area contributed by atoms with E-state index in [1.165, 1.54) is 11.3 Å². The summed E-state index contributed by atoms with van der Waals surface area (Å²) in [5.74, 6) is 5.23. The molecule has 2 amide bonds. The highest BCUT2D eigenvalue weighted by atomic mass is 32.1. The molecule has 10 heteroatoms. The van der Waals surface area contributed by atoms with Crippen LogP contribution in [0.5, 0.6) is 0 Å². The number of hydrazine groups is 1. The first-order chi connectivity index (χ1) is 17.9. The highest BCUT2D eigenvalue weighted by Gasteiger charge is 2.25. The van der Waals surface area contributed by atoms with E-state index in [1.54, 1.807) is 63.2 Å². The molecule has 0 saturated heterocycles. The minimum atomic E-state index is -0.715. The summed E-state index contributed by atoms with van der Waals surface area (Å²) in [5, 5.41) is 5.59. The molecule has 0 aliphatic heterocycles. The molecule has 0 aliphatic rings. The van der Waals surface area contributed by atoms with Crippen molar-refractivity contribution in [2.24, 2.45) is 5.84 Å². The zero-order valence-corrected chi connectivity index (χ0v) is 23.1. The summed E-state index contributed by atoms with van der Waals surface area (Å²) in [7, 11) is 3.79. The third-order valence-corrected chi connectivity index (χ3v) is 6.23. The largest absolute Gasteiger partial charge is 0.456 e. The number of alkyl carbamates (subject to hydrolysis) is 1. The van der Waals surface area contributed by atoms with Gasteiger partial charge in [-0.15, -0.1) is 11.3 Å². The monoisotopic (exact) mass is 538 g/mol. The number of nitrogens with one attached hydrogen (secondary N) is 1. The van der Waals surface area contributed by atoms with E-state index in [1.807, 2.05) is 36.5 Å². The molecule has 3 rings (SSSR count). The van der Waals surface area contributed by atoms with Crippen molar-refractivity contribution in [2.75, 3.05) is 32.3 Å². The minimum absolute atomic E-state index is 0.185. The van der Waals surface area contributed by atoms with E-state index < -0.39 is 23.6 Å². The zero-order chi connectivity index (χ0) is 27.9. The Kier molecular flexibility index (Phi) is 9.62. The number of nitrogens with two attached hydrogens (primary N) is 1. The molecule has 3 aromatic rings. The van der Waals surface area contributed by atoms with Gasteiger partial charge in [0, 0.05) is 23.5 Å². The first-order valence-electron chi connectivity index (χ1n) is 12.1. The standard InChI is InChI=1S/C28H34N4O5S/c1-28(2,3)37-26(34)22-13-12-21(24-7-6-16-38-24)17-23(22)32(29)25(33)20-10-8-19(9-11-20)18-30-27(35)36-15-14-31(4)5/h6-13,16-17H,14-15,18,29H2,1-5H3,(H,30,35). The van der Waals surface area contributed by atoms with Crippen molar-refractivity contribution in [3.05, 3.63) is 76.7 Å². The molecular weight excluding hydrogens is 504 g/mol. The van der Waals surface area contributed by atoms with Crippen molar-refractivity contribution in [1.82, 2.24) is 10.2 Å². The van der Waals surface area contributed by atoms with Crippen LogP contribution in [0.4, 0.5) is 10.5 Å². The number of benzene rings is 2. The Morgan fingerprint density at radius 3 is 2.34 bits per heavy atom. The molecule has 0 saturated carbocycles. The predicted octanol–water partition coefficient (Wildman–Crippen LogP) is 4.68. The Bertz CT molecular complexity index is 1250. The molecule has 1 heterocycles. The van der Waals surface area contributed by atoms with Gasteiger partial charge in [-0.2, -0.15) is 0 Å². The maximum atomic E-state index is 13.3. The second-order valence-electron chi connectivity index (χ2n) is 9.88. The second kappa shape index (κ2) is 12.7. The number of anilines is 1. The van der Waals surface area contributed by atoms with Crippen molar-refractivity contribution < 1.29 is 23.9 Å². The van der Waals surface area contributed by atoms with E-state index in [4.69, 9.17) is 15.3 Å². The minimum Gasteiger partial charge on any atom is -0.456 e. The number of rotatable bonds is 9. The summed E-state index contributed by atoms with van der Waals surface area (Å²) in [6.07, 6.45) is -0.513. The van der Waals surface area contributed by atoms with Crippen LogP contribution in [0.3, 0.4) is 0 Å². The number of esters is 1. The number of nitrogens with zero attached hydrogens (tertiary/aromatic N) is 2. The lowest BCUT2D eigenvalue weighted by Crippen LogP contribution is -2.39. The normalized spacial score (nSPS) is 11.2. The van der Waals surface area contributed by atoms with Gasteiger partial charge in [0.1, 0.15) is 12.2 Å². The van der Waals surface area contributed by atoms with E-state index in [-0.39, 0.29) is 24.4 Å². The SMILES string of the molecule is CN(C)CCOC(=O)NCc1ccc(C(=O)N(N)c2cc(-c3cccs3)ccc2C(=O)OC(C)(C)C)cc1. The van der Waals surface area contributed by atoms with Crippen LogP contribution in [0.2, 0.25) is 0 Å². The Morgan fingerprint density at radius 1 is 1.03 bits per heavy atom. The van der Waals surface area contributed by atoms with Gasteiger partial charge >= 0.3 is 12.1 Å². The third kappa shape index (κ3) is 8.14. The van der Waals surface area contributed by atoms with Crippen LogP contribution in [-0.2, 0) is 16.0 Å². The summed E-state index contributed by atoms with van der Waals surface area (Å²) in [4.78, 5) is 41.0. The lowest BCUT2D eigenvalue weighted by molar-refractivity contribution is 0.00703. The molecule has 202 valence electrons. The lowest BCUT2D eigenvalue weighted by atomic mass is 10.1. The number of amides is 2. The fourth-order valence-electron chi connectivity index (χ4n) is 3.39. The van der Waals surface area contributed by atoms with Crippen LogP contribution in [0, 0.1) is 0 Å². The molecule has 0 radical (unpaired) electrons. The average Bonchev–Trinajstić information content (AvgIpc) is 3.40. The van der Waals surface area contributed by atoms with E-state index in [9.17, 15) is 14.4 Å². The van der Waals surface area contributed by atoms with Crippen LogP contribution in [0.25, 0.3) is 10.4 Å². The number of ether oxygens (including phenoxy) is 2. The number of carbonyl (C=O) groups is 3. The number of thiophene rings is 1. The van der Waals surface area contributed by atoms with E-state index in [0.717, 1.165) is 21.0 Å². The van der Waals surface area contributed by atoms with Crippen LogP contribution >= 0.6 is 11.3 Å². The predicted molar refractivity (Wildman–Crippen MR) is 149 cm³/mol. The number of hydrogen-bond acceptors (Lipinski definition) is 8. The summed E-state index contributed by atoms with van der Waals surface area (Å²) >= 11 is 1.54. The Labute approximate surface area is 227 Å². The molecule has 3 N–H and O–H groups in total. The highest BCUT2D eigenvalue weighted by Crippen LogP contribution is 2.32. The fraction of sp³-hybridized carbons (Fsp3) is 0.321. The molecular formula is C28H34N4O5S. The topological polar surface area (TPSA) is 114 Å². The van der Waals surface area contributed by atoms with Gasteiger partial charge in [-0.1, -0.05) is 24.3 Å². The molecule has 0 fully saturated rings. The van der Waals surface area contributed by atoms with Gasteiger partial charge in [0.05, 0.1) is 11.3 Å². The molecule has 1 aromatic heterocycles. The zero-order valence-electron chi connectivity index (χ0n) is 22.3. The van der Waals surface area contributed by atoms with Gasteiger partial charge in [-0.3, -0.25) is 4.79 Å². The van der Waals surface area contributed by atoms with Gasteiger partial charge in [0.25, 0.3) is 5.91 Å². The molecule has 9 nitrogen and oxygen atoms in total. The number of likely N-dealkylation sites (N-methyl/N-ethyl adjacent to an activating group) is 1. The van der Waals surface area contributed by atoms with Crippen molar-refractivity contribution in [3.8, 4) is 10.4 Å². The molecule has 38 heavy (non-hydrogen) atoms. The summed E-state index contributed by atoms with van der Waals surface area (Å²) in [5.41, 5.74) is 1.63. The van der Waals surface area contributed by atoms with Crippen LogP contribution < -0.4 is 16.2 Å². The average molecular weight is 539 g/mol. The first kappa shape index (κ1) is 28.8. The molecule has 0 unspecified atom stereocenters. The quantitative estimate of drug-likeness (QED) is 0.176. The first-order valence-corrected chi connectivity index (χ1v) is 13.0. The highest BCUT2D eigenvalue weighted by molar-refractivity contribution is 7.13. The lowest BCUT2D eigenvalue weighted by Gasteiger charge is -2.24. The number of hydrogen-bond donors (Lipinski definition) is 2. The molecule has 0 bridgehead atoms. The molecule has 0 spiro atoms. The van der Waals surface area contributed by atoms with Crippen molar-refractivity contribution in [2.45, 2.75) is 32.9 Å². The van der Waals surface area contributed by atoms with Crippen LogP contribution in [-0.4, -0.2) is 55.7 Å². The van der Waals surface area contributed by atoms with Crippen molar-refractivity contribution >= 4 is 35.0 Å². The third-order valence-electron chi connectivity index (χ3n) is 5.31. The Morgan fingerprint density at radius 2 is 1.74 bits per heavy atom. The van der Waals surface area contributed by atoms with Gasteiger partial charge < -0.3 is 19.7 Å².